The van der Waals surface area contributed by atoms with Gasteiger partial charge in [0.25, 0.3) is 0 Å². The van der Waals surface area contributed by atoms with Crippen LogP contribution in [0.4, 0.5) is 13.2 Å². The topological polar surface area (TPSA) is 115 Å². The molecule has 1 aromatic rings. The monoisotopic (exact) mass is 331 g/mol. The molecule has 0 spiro atoms. The maximum atomic E-state index is 12.5. The predicted octanol–water partition coefficient (Wildman–Crippen LogP) is 0.654. The molecule has 0 aliphatic carbocycles. The summed E-state index contributed by atoms with van der Waals surface area (Å²) in [6, 6.07) is 2.74. The molecular formula is C14H16F3N3O3. The number of hydrogen-bond donors (Lipinski definition) is 3. The Morgan fingerprint density at radius 2 is 1.57 bits per heavy atom. The number of rotatable bonds is 6. The molecule has 0 bridgehead atoms. The standard InChI is InChI=1S/C14H16F3N3O3/c1-7(6-10(21)20-11(12(18)22)13(19)23)8-2-4-9(5-3-8)14(15,16)17/h2-5,7,11H,6H2,1H3,(H2,18,22)(H2,19,23)(H,20,21)/t7-/m1/s1. The SMILES string of the molecule is C[C@H](CC(=O)NC(C(N)=O)C(N)=O)c1ccc(C(F)(F)F)cc1. The molecule has 0 heterocycles. The number of halogens is 3. The number of hydrogen-bond acceptors (Lipinski definition) is 3. The second-order valence-electron chi connectivity index (χ2n) is 5.03. The number of nitrogens with one attached hydrogen (secondary N) is 1. The van der Waals surface area contributed by atoms with Crippen molar-refractivity contribution in [2.75, 3.05) is 0 Å². The molecule has 126 valence electrons. The number of benzene rings is 1. The van der Waals surface area contributed by atoms with Crippen molar-refractivity contribution in [3.63, 3.8) is 0 Å². The van der Waals surface area contributed by atoms with Gasteiger partial charge < -0.3 is 16.8 Å². The van der Waals surface area contributed by atoms with Crippen LogP contribution >= 0.6 is 0 Å². The van der Waals surface area contributed by atoms with Crippen molar-refractivity contribution in [2.24, 2.45) is 11.5 Å². The van der Waals surface area contributed by atoms with E-state index in [0.717, 1.165) is 12.1 Å². The van der Waals surface area contributed by atoms with Crippen LogP contribution in [-0.4, -0.2) is 23.8 Å². The molecule has 1 atom stereocenters. The van der Waals surface area contributed by atoms with Crippen LogP contribution in [0.5, 0.6) is 0 Å². The molecule has 1 aromatic carbocycles. The van der Waals surface area contributed by atoms with Crippen LogP contribution in [-0.2, 0) is 20.6 Å². The largest absolute Gasteiger partial charge is 0.416 e. The van der Waals surface area contributed by atoms with Crippen molar-refractivity contribution >= 4 is 17.7 Å². The molecule has 6 nitrogen and oxygen atoms in total. The number of amides is 3. The summed E-state index contributed by atoms with van der Waals surface area (Å²) in [6.07, 6.45) is -4.59. The quantitative estimate of drug-likeness (QED) is 0.665. The van der Waals surface area contributed by atoms with E-state index in [1.807, 2.05) is 0 Å². The summed E-state index contributed by atoms with van der Waals surface area (Å²) >= 11 is 0. The van der Waals surface area contributed by atoms with Crippen LogP contribution in [0.2, 0.25) is 0 Å². The molecule has 23 heavy (non-hydrogen) atoms. The second kappa shape index (κ2) is 7.12. The highest BCUT2D eigenvalue weighted by Crippen LogP contribution is 2.30. The third kappa shape index (κ3) is 5.28. The van der Waals surface area contributed by atoms with E-state index >= 15 is 0 Å². The maximum Gasteiger partial charge on any atom is 0.416 e. The number of carbonyl (C=O) groups is 3. The summed E-state index contributed by atoms with van der Waals surface area (Å²) in [7, 11) is 0. The molecule has 0 saturated heterocycles. The molecule has 0 aliphatic heterocycles. The van der Waals surface area contributed by atoms with E-state index in [-0.39, 0.29) is 6.42 Å². The summed E-state index contributed by atoms with van der Waals surface area (Å²) in [4.78, 5) is 33.7. The van der Waals surface area contributed by atoms with E-state index < -0.39 is 41.4 Å². The minimum absolute atomic E-state index is 0.150. The third-order valence-corrected chi connectivity index (χ3v) is 3.17. The minimum Gasteiger partial charge on any atom is -0.367 e. The van der Waals surface area contributed by atoms with Crippen molar-refractivity contribution in [1.29, 1.82) is 0 Å². The average molecular weight is 331 g/mol. The van der Waals surface area contributed by atoms with E-state index in [2.05, 4.69) is 5.32 Å². The lowest BCUT2D eigenvalue weighted by Crippen LogP contribution is -2.52. The Bertz CT molecular complexity index is 586. The van der Waals surface area contributed by atoms with Gasteiger partial charge in [0, 0.05) is 6.42 Å². The summed E-state index contributed by atoms with van der Waals surface area (Å²) in [5.41, 5.74) is 9.56. The lowest BCUT2D eigenvalue weighted by molar-refractivity contribution is -0.137. The fourth-order valence-electron chi connectivity index (χ4n) is 1.90. The highest BCUT2D eigenvalue weighted by Gasteiger charge is 2.30. The summed E-state index contributed by atoms with van der Waals surface area (Å²) in [5, 5.41) is 2.08. The van der Waals surface area contributed by atoms with E-state index in [0.29, 0.717) is 5.56 Å². The molecule has 0 fully saturated rings. The molecule has 3 amide bonds. The lowest BCUT2D eigenvalue weighted by atomic mass is 9.96. The van der Waals surface area contributed by atoms with Crippen LogP contribution < -0.4 is 16.8 Å². The van der Waals surface area contributed by atoms with Crippen LogP contribution in [0.3, 0.4) is 0 Å². The molecule has 5 N–H and O–H groups in total. The van der Waals surface area contributed by atoms with Gasteiger partial charge in [-0.1, -0.05) is 19.1 Å². The Morgan fingerprint density at radius 1 is 1.09 bits per heavy atom. The first kappa shape index (κ1) is 18.5. The van der Waals surface area contributed by atoms with Gasteiger partial charge in [0.2, 0.25) is 17.7 Å². The average Bonchev–Trinajstić information content (AvgIpc) is 2.43. The van der Waals surface area contributed by atoms with Gasteiger partial charge >= 0.3 is 6.18 Å². The van der Waals surface area contributed by atoms with Crippen molar-refractivity contribution in [2.45, 2.75) is 31.5 Å². The number of nitrogens with two attached hydrogens (primary N) is 2. The minimum atomic E-state index is -4.44. The molecule has 9 heteroatoms. The van der Waals surface area contributed by atoms with E-state index in [1.54, 1.807) is 6.92 Å². The van der Waals surface area contributed by atoms with E-state index in [9.17, 15) is 27.6 Å². The number of alkyl halides is 3. The number of primary amides is 2. The Kier molecular flexibility index (Phi) is 5.72. The van der Waals surface area contributed by atoms with E-state index in [1.165, 1.54) is 12.1 Å². The number of carbonyl (C=O) groups excluding carboxylic acids is 3. The lowest BCUT2D eigenvalue weighted by Gasteiger charge is -2.16. The molecule has 0 aromatic heterocycles. The van der Waals surface area contributed by atoms with Gasteiger partial charge in [-0.25, -0.2) is 0 Å². The Hall–Kier alpha value is -2.58. The fraction of sp³-hybridized carbons (Fsp3) is 0.357. The molecule has 0 unspecified atom stereocenters. The first-order valence-electron chi connectivity index (χ1n) is 6.57. The zero-order chi connectivity index (χ0) is 17.8. The van der Waals surface area contributed by atoms with Gasteiger partial charge in [0.05, 0.1) is 5.56 Å². The first-order chi connectivity index (χ1) is 10.5. The molecule has 1 rings (SSSR count). The van der Waals surface area contributed by atoms with Crippen LogP contribution in [0.25, 0.3) is 0 Å². The fourth-order valence-corrected chi connectivity index (χ4v) is 1.90. The van der Waals surface area contributed by atoms with Gasteiger partial charge in [0.15, 0.2) is 6.04 Å². The Morgan fingerprint density at radius 3 is 1.96 bits per heavy atom. The van der Waals surface area contributed by atoms with Crippen molar-refractivity contribution in [1.82, 2.24) is 5.32 Å². The zero-order valence-corrected chi connectivity index (χ0v) is 12.2. The Labute approximate surface area is 130 Å². The zero-order valence-electron chi connectivity index (χ0n) is 12.2. The highest BCUT2D eigenvalue weighted by molar-refractivity contribution is 6.05. The van der Waals surface area contributed by atoms with Crippen molar-refractivity contribution in [3.05, 3.63) is 35.4 Å². The molecule has 0 aliphatic rings. The van der Waals surface area contributed by atoms with Gasteiger partial charge in [-0.2, -0.15) is 13.2 Å². The van der Waals surface area contributed by atoms with Gasteiger partial charge in [-0.3, -0.25) is 14.4 Å². The van der Waals surface area contributed by atoms with E-state index in [4.69, 9.17) is 11.5 Å². The van der Waals surface area contributed by atoms with Crippen LogP contribution in [0, 0.1) is 0 Å². The molecular weight excluding hydrogens is 315 g/mol. The van der Waals surface area contributed by atoms with Gasteiger partial charge in [-0.05, 0) is 23.6 Å². The smallest absolute Gasteiger partial charge is 0.367 e. The second-order valence-corrected chi connectivity index (χ2v) is 5.03. The van der Waals surface area contributed by atoms with Crippen LogP contribution in [0.1, 0.15) is 30.4 Å². The van der Waals surface area contributed by atoms with Gasteiger partial charge in [0.1, 0.15) is 0 Å². The predicted molar refractivity (Wildman–Crippen MR) is 74.8 cm³/mol. The maximum absolute atomic E-state index is 12.5. The van der Waals surface area contributed by atoms with Crippen molar-refractivity contribution < 1.29 is 27.6 Å². The van der Waals surface area contributed by atoms with Crippen molar-refractivity contribution in [3.8, 4) is 0 Å². The normalized spacial score (nSPS) is 12.7. The summed E-state index contributed by atoms with van der Waals surface area (Å²) in [6.45, 7) is 1.62. The molecule has 0 saturated carbocycles. The highest BCUT2D eigenvalue weighted by atomic mass is 19.4. The summed E-state index contributed by atoms with van der Waals surface area (Å²) < 4.78 is 37.4. The summed E-state index contributed by atoms with van der Waals surface area (Å²) in [5.74, 6) is -3.28. The third-order valence-electron chi connectivity index (χ3n) is 3.17. The Balaban J connectivity index is 2.72. The van der Waals surface area contributed by atoms with Crippen LogP contribution in [0.15, 0.2) is 24.3 Å². The molecule has 0 radical (unpaired) electrons. The first-order valence-corrected chi connectivity index (χ1v) is 6.57. The van der Waals surface area contributed by atoms with Gasteiger partial charge in [-0.15, -0.1) is 0 Å².